The molecule has 0 aliphatic heterocycles. The van der Waals surface area contributed by atoms with Crippen LogP contribution in [0.5, 0.6) is 0 Å². The second-order valence-corrected chi connectivity index (χ2v) is 7.00. The predicted molar refractivity (Wildman–Crippen MR) is 84.5 cm³/mol. The number of aryl methyl sites for hydroxylation is 1. The summed E-state index contributed by atoms with van der Waals surface area (Å²) < 4.78 is 0.745. The molecular weight excluding hydrogens is 314 g/mol. The van der Waals surface area contributed by atoms with Crippen molar-refractivity contribution in [1.82, 2.24) is 15.2 Å². The van der Waals surface area contributed by atoms with Crippen LogP contribution in [0.2, 0.25) is 4.34 Å². The Kier molecular flexibility index (Phi) is 5.39. The van der Waals surface area contributed by atoms with E-state index in [2.05, 4.69) is 10.3 Å². The van der Waals surface area contributed by atoms with Crippen molar-refractivity contribution in [3.8, 4) is 0 Å². The second-order valence-electron chi connectivity index (χ2n) is 4.26. The summed E-state index contributed by atoms with van der Waals surface area (Å²) in [7, 11) is 0. The quantitative estimate of drug-likeness (QED) is 0.904. The summed E-state index contributed by atoms with van der Waals surface area (Å²) in [5.74, 6) is 0. The number of urea groups is 1. The van der Waals surface area contributed by atoms with Crippen LogP contribution >= 0.6 is 34.3 Å². The van der Waals surface area contributed by atoms with Gasteiger partial charge in [0.1, 0.15) is 5.01 Å². The number of halogens is 1. The Labute approximate surface area is 131 Å². The molecule has 20 heavy (non-hydrogen) atoms. The average molecular weight is 330 g/mol. The zero-order valence-corrected chi connectivity index (χ0v) is 13.7. The minimum Gasteiger partial charge on any atom is -0.331 e. The lowest BCUT2D eigenvalue weighted by atomic mass is 10.4. The van der Waals surface area contributed by atoms with E-state index in [0.29, 0.717) is 19.6 Å². The maximum atomic E-state index is 12.1. The molecule has 0 fully saturated rings. The van der Waals surface area contributed by atoms with Crippen LogP contribution in [0.25, 0.3) is 0 Å². The van der Waals surface area contributed by atoms with E-state index in [1.807, 2.05) is 31.4 Å². The highest BCUT2D eigenvalue weighted by molar-refractivity contribution is 7.16. The van der Waals surface area contributed by atoms with Gasteiger partial charge < -0.3 is 10.2 Å². The fourth-order valence-electron chi connectivity index (χ4n) is 1.70. The molecule has 0 spiro atoms. The van der Waals surface area contributed by atoms with E-state index in [1.165, 1.54) is 11.3 Å². The van der Waals surface area contributed by atoms with Crippen molar-refractivity contribution in [3.63, 3.8) is 0 Å². The molecule has 0 atom stereocenters. The highest BCUT2D eigenvalue weighted by atomic mass is 35.5. The third kappa shape index (κ3) is 4.19. The fourth-order valence-corrected chi connectivity index (χ4v) is 3.51. The Morgan fingerprint density at radius 2 is 2.30 bits per heavy atom. The molecule has 0 aliphatic carbocycles. The first-order chi connectivity index (χ1) is 9.58. The predicted octanol–water partition coefficient (Wildman–Crippen LogP) is 3.90. The van der Waals surface area contributed by atoms with E-state index < -0.39 is 0 Å². The summed E-state index contributed by atoms with van der Waals surface area (Å²) in [6.45, 7) is 5.61. The van der Waals surface area contributed by atoms with E-state index in [1.54, 1.807) is 16.2 Å². The molecule has 4 nitrogen and oxygen atoms in total. The molecule has 108 valence electrons. The van der Waals surface area contributed by atoms with Crippen molar-refractivity contribution in [2.75, 3.05) is 6.54 Å². The number of thiophene rings is 1. The first kappa shape index (κ1) is 15.3. The van der Waals surface area contributed by atoms with E-state index >= 15 is 0 Å². The third-order valence-corrected chi connectivity index (χ3v) is 4.88. The van der Waals surface area contributed by atoms with Gasteiger partial charge in [-0.05, 0) is 26.0 Å². The molecule has 0 radical (unpaired) electrons. The van der Waals surface area contributed by atoms with Crippen LogP contribution < -0.4 is 5.32 Å². The molecule has 7 heteroatoms. The third-order valence-electron chi connectivity index (χ3n) is 2.70. The average Bonchev–Trinajstić information content (AvgIpc) is 3.02. The largest absolute Gasteiger partial charge is 0.331 e. The summed E-state index contributed by atoms with van der Waals surface area (Å²) in [4.78, 5) is 19.3. The van der Waals surface area contributed by atoms with Crippen molar-refractivity contribution in [1.29, 1.82) is 0 Å². The zero-order valence-electron chi connectivity index (χ0n) is 11.4. The smallest absolute Gasteiger partial charge is 0.318 e. The molecule has 0 unspecified atom stereocenters. The number of nitrogens with zero attached hydrogens (tertiary/aromatic N) is 2. The van der Waals surface area contributed by atoms with Crippen LogP contribution in [0.4, 0.5) is 4.79 Å². The van der Waals surface area contributed by atoms with Gasteiger partial charge in [0.25, 0.3) is 0 Å². The summed E-state index contributed by atoms with van der Waals surface area (Å²) in [6, 6.07) is 3.73. The van der Waals surface area contributed by atoms with Crippen LogP contribution in [0.15, 0.2) is 17.5 Å². The van der Waals surface area contributed by atoms with Crippen LogP contribution in [0, 0.1) is 6.92 Å². The molecule has 0 aromatic carbocycles. The summed E-state index contributed by atoms with van der Waals surface area (Å²) in [5.41, 5.74) is 0.986. The molecule has 2 amide bonds. The SMILES string of the molecule is CCN(Cc1ccc(Cl)s1)C(=O)NCc1nc(C)cs1. The first-order valence-electron chi connectivity index (χ1n) is 6.26. The van der Waals surface area contributed by atoms with Crippen molar-refractivity contribution in [2.24, 2.45) is 0 Å². The van der Waals surface area contributed by atoms with Crippen molar-refractivity contribution in [3.05, 3.63) is 37.4 Å². The molecule has 0 aliphatic rings. The molecule has 0 saturated carbocycles. The molecular formula is C13H16ClN3OS2. The van der Waals surface area contributed by atoms with E-state index in [9.17, 15) is 4.79 Å². The number of amides is 2. The van der Waals surface area contributed by atoms with Gasteiger partial charge in [0.15, 0.2) is 0 Å². The van der Waals surface area contributed by atoms with Gasteiger partial charge in [-0.3, -0.25) is 0 Å². The summed E-state index contributed by atoms with van der Waals surface area (Å²) in [5, 5.41) is 5.80. The van der Waals surface area contributed by atoms with Gasteiger partial charge in [0.05, 0.1) is 17.4 Å². The van der Waals surface area contributed by atoms with E-state index in [0.717, 1.165) is 19.9 Å². The molecule has 0 bridgehead atoms. The van der Waals surface area contributed by atoms with Gasteiger partial charge in [-0.25, -0.2) is 9.78 Å². The van der Waals surface area contributed by atoms with Crippen LogP contribution in [-0.4, -0.2) is 22.5 Å². The topological polar surface area (TPSA) is 45.2 Å². The highest BCUT2D eigenvalue weighted by Crippen LogP contribution is 2.22. The number of carbonyl (C=O) groups excluding carboxylic acids is 1. The van der Waals surface area contributed by atoms with Crippen molar-refractivity contribution in [2.45, 2.75) is 26.9 Å². The number of hydrogen-bond donors (Lipinski definition) is 1. The number of aromatic nitrogens is 1. The monoisotopic (exact) mass is 329 g/mol. The lowest BCUT2D eigenvalue weighted by molar-refractivity contribution is 0.198. The van der Waals surface area contributed by atoms with Gasteiger partial charge in [-0.15, -0.1) is 22.7 Å². The Bertz CT molecular complexity index is 582. The zero-order chi connectivity index (χ0) is 14.5. The second kappa shape index (κ2) is 7.06. The Morgan fingerprint density at radius 3 is 2.85 bits per heavy atom. The number of rotatable bonds is 5. The van der Waals surface area contributed by atoms with Crippen LogP contribution in [0.3, 0.4) is 0 Å². The van der Waals surface area contributed by atoms with Gasteiger partial charge >= 0.3 is 6.03 Å². The highest BCUT2D eigenvalue weighted by Gasteiger charge is 2.13. The number of nitrogens with one attached hydrogen (secondary N) is 1. The summed E-state index contributed by atoms with van der Waals surface area (Å²) in [6.07, 6.45) is 0. The molecule has 2 rings (SSSR count). The number of hydrogen-bond acceptors (Lipinski definition) is 4. The van der Waals surface area contributed by atoms with Crippen molar-refractivity contribution >= 4 is 40.3 Å². The lowest BCUT2D eigenvalue weighted by Crippen LogP contribution is -2.38. The minimum absolute atomic E-state index is 0.0788. The van der Waals surface area contributed by atoms with E-state index in [4.69, 9.17) is 11.6 Å². The maximum absolute atomic E-state index is 12.1. The van der Waals surface area contributed by atoms with Gasteiger partial charge in [0, 0.05) is 22.5 Å². The Hall–Kier alpha value is -1.11. The van der Waals surface area contributed by atoms with Crippen LogP contribution in [-0.2, 0) is 13.1 Å². The normalized spacial score (nSPS) is 10.6. The standard InChI is InChI=1S/C13H16ClN3OS2/c1-3-17(7-10-4-5-11(14)20-10)13(18)15-6-12-16-9(2)8-19-12/h4-5,8H,3,6-7H2,1-2H3,(H,15,18). The first-order valence-corrected chi connectivity index (χ1v) is 8.34. The minimum atomic E-state index is -0.0788. The van der Waals surface area contributed by atoms with Gasteiger partial charge in [0.2, 0.25) is 0 Å². The maximum Gasteiger partial charge on any atom is 0.318 e. The van der Waals surface area contributed by atoms with Crippen molar-refractivity contribution < 1.29 is 4.79 Å². The fraction of sp³-hybridized carbons (Fsp3) is 0.385. The van der Waals surface area contributed by atoms with Gasteiger partial charge in [-0.2, -0.15) is 0 Å². The molecule has 2 aromatic heterocycles. The lowest BCUT2D eigenvalue weighted by Gasteiger charge is -2.20. The Morgan fingerprint density at radius 1 is 1.50 bits per heavy atom. The van der Waals surface area contributed by atoms with E-state index in [-0.39, 0.29) is 6.03 Å². The molecule has 1 N–H and O–H groups in total. The number of thiazole rings is 1. The van der Waals surface area contributed by atoms with Crippen LogP contribution in [0.1, 0.15) is 22.5 Å². The summed E-state index contributed by atoms with van der Waals surface area (Å²) >= 11 is 8.96. The molecule has 2 aromatic rings. The Balaban J connectivity index is 1.88. The number of carbonyl (C=O) groups is 1. The van der Waals surface area contributed by atoms with Gasteiger partial charge in [-0.1, -0.05) is 11.6 Å². The molecule has 2 heterocycles. The molecule has 0 saturated heterocycles.